The van der Waals surface area contributed by atoms with E-state index in [4.69, 9.17) is 0 Å². The van der Waals surface area contributed by atoms with Crippen LogP contribution in [0.2, 0.25) is 0 Å². The predicted molar refractivity (Wildman–Crippen MR) is 81.1 cm³/mol. The van der Waals surface area contributed by atoms with Crippen molar-refractivity contribution in [2.45, 2.75) is 13.1 Å². The van der Waals surface area contributed by atoms with Crippen LogP contribution in [0.4, 0.5) is 8.78 Å². The fourth-order valence-electron chi connectivity index (χ4n) is 2.79. The lowest BCUT2D eigenvalue weighted by Gasteiger charge is -2.34. The fraction of sp³-hybridized carbons (Fsp3) is 0.353. The molecule has 0 atom stereocenters. The Bertz CT molecular complexity index is 590. The number of benzene rings is 1. The minimum Gasteiger partial charge on any atom is -0.297 e. The summed E-state index contributed by atoms with van der Waals surface area (Å²) in [4.78, 5) is 8.92. The summed E-state index contributed by atoms with van der Waals surface area (Å²) in [6, 6.07) is 9.67. The summed E-state index contributed by atoms with van der Waals surface area (Å²) in [5.41, 5.74) is 1.76. The van der Waals surface area contributed by atoms with Crippen molar-refractivity contribution in [3.05, 3.63) is 65.5 Å². The van der Waals surface area contributed by atoms with E-state index in [-0.39, 0.29) is 0 Å². The summed E-state index contributed by atoms with van der Waals surface area (Å²) >= 11 is 0. The first-order chi connectivity index (χ1) is 10.7. The van der Waals surface area contributed by atoms with E-state index in [0.29, 0.717) is 12.1 Å². The summed E-state index contributed by atoms with van der Waals surface area (Å²) in [7, 11) is 0. The Morgan fingerprint density at radius 1 is 0.864 bits per heavy atom. The maximum Gasteiger partial charge on any atom is 0.126 e. The van der Waals surface area contributed by atoms with Gasteiger partial charge in [-0.1, -0.05) is 6.07 Å². The molecular weight excluding hydrogens is 284 g/mol. The Morgan fingerprint density at radius 2 is 1.50 bits per heavy atom. The first kappa shape index (κ1) is 15.1. The summed E-state index contributed by atoms with van der Waals surface area (Å²) in [6.07, 6.45) is 1.81. The topological polar surface area (TPSA) is 19.4 Å². The third-order valence-corrected chi connectivity index (χ3v) is 3.91. The van der Waals surface area contributed by atoms with E-state index >= 15 is 0 Å². The third kappa shape index (κ3) is 4.08. The van der Waals surface area contributed by atoms with Crippen molar-refractivity contribution in [1.29, 1.82) is 0 Å². The molecule has 0 N–H and O–H groups in total. The average Bonchev–Trinajstić information content (AvgIpc) is 2.49. The molecule has 22 heavy (non-hydrogen) atoms. The molecule has 5 heteroatoms. The second-order valence-corrected chi connectivity index (χ2v) is 5.65. The van der Waals surface area contributed by atoms with Crippen LogP contribution in [0.25, 0.3) is 0 Å². The van der Waals surface area contributed by atoms with Crippen LogP contribution in [-0.2, 0) is 13.1 Å². The smallest absolute Gasteiger partial charge is 0.126 e. The molecule has 116 valence electrons. The first-order valence-electron chi connectivity index (χ1n) is 7.48. The second-order valence-electron chi connectivity index (χ2n) is 5.65. The second kappa shape index (κ2) is 6.94. The Balaban J connectivity index is 1.51. The van der Waals surface area contributed by atoms with Gasteiger partial charge in [-0.25, -0.2) is 8.78 Å². The maximum absolute atomic E-state index is 13.2. The minimum atomic E-state index is -0.510. The number of hydrogen-bond donors (Lipinski definition) is 0. The minimum absolute atomic E-state index is 0.510. The Hall–Kier alpha value is -1.85. The molecular formula is C17H19F2N3. The zero-order chi connectivity index (χ0) is 15.4. The molecule has 2 aromatic rings. The molecule has 0 spiro atoms. The molecule has 3 rings (SSSR count). The van der Waals surface area contributed by atoms with Crippen molar-refractivity contribution >= 4 is 0 Å². The van der Waals surface area contributed by atoms with Crippen molar-refractivity contribution in [2.75, 3.05) is 26.2 Å². The van der Waals surface area contributed by atoms with Crippen LogP contribution < -0.4 is 0 Å². The zero-order valence-corrected chi connectivity index (χ0v) is 12.4. The largest absolute Gasteiger partial charge is 0.297 e. The molecule has 2 heterocycles. The van der Waals surface area contributed by atoms with E-state index in [1.807, 2.05) is 24.4 Å². The van der Waals surface area contributed by atoms with Crippen LogP contribution in [-0.4, -0.2) is 41.0 Å². The molecule has 1 aromatic heterocycles. The van der Waals surface area contributed by atoms with E-state index in [2.05, 4.69) is 14.8 Å². The van der Waals surface area contributed by atoms with E-state index in [1.54, 1.807) is 0 Å². The average molecular weight is 303 g/mol. The van der Waals surface area contributed by atoms with Crippen molar-refractivity contribution in [3.8, 4) is 0 Å². The van der Waals surface area contributed by atoms with Gasteiger partial charge in [0.25, 0.3) is 0 Å². The summed E-state index contributed by atoms with van der Waals surface area (Å²) in [6.45, 7) is 5.11. The van der Waals surface area contributed by atoms with Gasteiger partial charge in [0.2, 0.25) is 0 Å². The van der Waals surface area contributed by atoms with Crippen molar-refractivity contribution in [3.63, 3.8) is 0 Å². The van der Waals surface area contributed by atoms with Crippen LogP contribution >= 0.6 is 0 Å². The standard InChI is InChI=1S/C17H19F2N3/c18-15-9-14(10-16(19)11-15)12-21-5-7-22(8-6-21)13-17-3-1-2-4-20-17/h1-4,9-11H,5-8,12-13H2. The van der Waals surface area contributed by atoms with Gasteiger partial charge < -0.3 is 0 Å². The van der Waals surface area contributed by atoms with Crippen LogP contribution in [0.5, 0.6) is 0 Å². The predicted octanol–water partition coefficient (Wildman–Crippen LogP) is 2.68. The molecule has 0 saturated carbocycles. The highest BCUT2D eigenvalue weighted by atomic mass is 19.1. The Labute approximate surface area is 129 Å². The van der Waals surface area contributed by atoms with Crippen molar-refractivity contribution < 1.29 is 8.78 Å². The highest BCUT2D eigenvalue weighted by Gasteiger charge is 2.17. The highest BCUT2D eigenvalue weighted by molar-refractivity contribution is 5.17. The molecule has 1 aromatic carbocycles. The molecule has 0 radical (unpaired) electrons. The number of hydrogen-bond acceptors (Lipinski definition) is 3. The quantitative estimate of drug-likeness (QED) is 0.866. The normalized spacial score (nSPS) is 16.8. The number of nitrogens with zero attached hydrogens (tertiary/aromatic N) is 3. The maximum atomic E-state index is 13.2. The number of piperazine rings is 1. The molecule has 0 aliphatic carbocycles. The van der Waals surface area contributed by atoms with E-state index < -0.39 is 11.6 Å². The lowest BCUT2D eigenvalue weighted by molar-refractivity contribution is 0.121. The van der Waals surface area contributed by atoms with Gasteiger partial charge in [0.05, 0.1) is 5.69 Å². The number of aromatic nitrogens is 1. The Morgan fingerprint density at radius 3 is 2.09 bits per heavy atom. The van der Waals surface area contributed by atoms with Crippen molar-refractivity contribution in [1.82, 2.24) is 14.8 Å². The lowest BCUT2D eigenvalue weighted by Crippen LogP contribution is -2.45. The number of halogens is 2. The van der Waals surface area contributed by atoms with Gasteiger partial charge in [-0.3, -0.25) is 14.8 Å². The molecule has 1 fully saturated rings. The van der Waals surface area contributed by atoms with Crippen molar-refractivity contribution in [2.24, 2.45) is 0 Å². The van der Waals surface area contributed by atoms with Gasteiger partial charge in [0, 0.05) is 51.5 Å². The van der Waals surface area contributed by atoms with Crippen LogP contribution in [0.1, 0.15) is 11.3 Å². The number of pyridine rings is 1. The van der Waals surface area contributed by atoms with Gasteiger partial charge in [-0.05, 0) is 29.8 Å². The summed E-state index contributed by atoms with van der Waals surface area (Å²) < 4.78 is 26.4. The van der Waals surface area contributed by atoms with Crippen LogP contribution in [0, 0.1) is 11.6 Å². The first-order valence-corrected chi connectivity index (χ1v) is 7.48. The SMILES string of the molecule is Fc1cc(F)cc(CN2CCN(Cc3ccccn3)CC2)c1. The monoisotopic (exact) mass is 303 g/mol. The van der Waals surface area contributed by atoms with Crippen LogP contribution in [0.3, 0.4) is 0 Å². The lowest BCUT2D eigenvalue weighted by atomic mass is 10.2. The summed E-state index contributed by atoms with van der Waals surface area (Å²) in [5, 5.41) is 0. The van der Waals surface area contributed by atoms with E-state index in [0.717, 1.165) is 44.5 Å². The molecule has 3 nitrogen and oxygen atoms in total. The van der Waals surface area contributed by atoms with Gasteiger partial charge in [-0.15, -0.1) is 0 Å². The van der Waals surface area contributed by atoms with E-state index in [1.165, 1.54) is 12.1 Å². The zero-order valence-electron chi connectivity index (χ0n) is 12.4. The van der Waals surface area contributed by atoms with Gasteiger partial charge in [0.1, 0.15) is 11.6 Å². The van der Waals surface area contributed by atoms with E-state index in [9.17, 15) is 8.78 Å². The fourth-order valence-corrected chi connectivity index (χ4v) is 2.79. The summed E-state index contributed by atoms with van der Waals surface area (Å²) in [5.74, 6) is -1.02. The molecule has 0 amide bonds. The van der Waals surface area contributed by atoms with Gasteiger partial charge in [0.15, 0.2) is 0 Å². The molecule has 1 saturated heterocycles. The van der Waals surface area contributed by atoms with Gasteiger partial charge in [-0.2, -0.15) is 0 Å². The molecule has 1 aliphatic heterocycles. The molecule has 1 aliphatic rings. The molecule has 0 unspecified atom stereocenters. The molecule has 0 bridgehead atoms. The number of rotatable bonds is 4. The highest BCUT2D eigenvalue weighted by Crippen LogP contribution is 2.13. The third-order valence-electron chi connectivity index (χ3n) is 3.91. The van der Waals surface area contributed by atoms with Gasteiger partial charge >= 0.3 is 0 Å². The Kier molecular flexibility index (Phi) is 4.75. The van der Waals surface area contributed by atoms with Crippen LogP contribution in [0.15, 0.2) is 42.6 Å².